The molecule has 2 aromatic carbocycles. The summed E-state index contributed by atoms with van der Waals surface area (Å²) in [6, 6.07) is 17.1. The highest BCUT2D eigenvalue weighted by atomic mass is 16.5. The minimum atomic E-state index is -0.0774. The van der Waals surface area contributed by atoms with Crippen molar-refractivity contribution in [1.29, 1.82) is 0 Å². The molecule has 4 nitrogen and oxygen atoms in total. The highest BCUT2D eigenvalue weighted by Gasteiger charge is 2.09. The van der Waals surface area contributed by atoms with Gasteiger partial charge in [-0.2, -0.15) is 0 Å². The van der Waals surface area contributed by atoms with Crippen LogP contribution < -0.4 is 10.1 Å². The Kier molecular flexibility index (Phi) is 4.01. The van der Waals surface area contributed by atoms with Crippen molar-refractivity contribution in [3.05, 3.63) is 66.4 Å². The third-order valence-electron chi connectivity index (χ3n) is 3.40. The number of hydrogen-bond acceptors (Lipinski definition) is 3. The average molecular weight is 292 g/mol. The molecule has 0 fully saturated rings. The molecule has 0 aliphatic carbocycles. The van der Waals surface area contributed by atoms with Gasteiger partial charge in [-0.05, 0) is 17.7 Å². The zero-order valence-electron chi connectivity index (χ0n) is 12.2. The fourth-order valence-corrected chi connectivity index (χ4v) is 2.35. The lowest BCUT2D eigenvalue weighted by molar-refractivity contribution is -0.115. The first-order chi connectivity index (χ1) is 10.8. The summed E-state index contributed by atoms with van der Waals surface area (Å²) in [5.74, 6) is 0.613. The van der Waals surface area contributed by atoms with Crippen LogP contribution in [0.15, 0.2) is 60.8 Å². The molecule has 1 heterocycles. The number of ether oxygens (including phenoxy) is 1. The summed E-state index contributed by atoms with van der Waals surface area (Å²) >= 11 is 0. The summed E-state index contributed by atoms with van der Waals surface area (Å²) < 4.78 is 5.28. The Morgan fingerprint density at radius 1 is 1.14 bits per heavy atom. The van der Waals surface area contributed by atoms with E-state index in [0.29, 0.717) is 17.9 Å². The van der Waals surface area contributed by atoms with Crippen LogP contribution in [-0.2, 0) is 11.2 Å². The summed E-state index contributed by atoms with van der Waals surface area (Å²) in [4.78, 5) is 16.6. The first kappa shape index (κ1) is 14.1. The van der Waals surface area contributed by atoms with Gasteiger partial charge in [-0.3, -0.25) is 9.78 Å². The molecule has 0 radical (unpaired) electrons. The van der Waals surface area contributed by atoms with Gasteiger partial charge in [-0.25, -0.2) is 0 Å². The van der Waals surface area contributed by atoms with Gasteiger partial charge in [0.2, 0.25) is 5.91 Å². The molecule has 1 amide bonds. The molecule has 0 saturated heterocycles. The molecule has 3 aromatic rings. The summed E-state index contributed by atoms with van der Waals surface area (Å²) in [7, 11) is 1.60. The van der Waals surface area contributed by atoms with E-state index in [1.807, 2.05) is 48.5 Å². The number of nitrogens with one attached hydrogen (secondary N) is 1. The van der Waals surface area contributed by atoms with Gasteiger partial charge in [0, 0.05) is 17.6 Å². The monoisotopic (exact) mass is 292 g/mol. The van der Waals surface area contributed by atoms with E-state index in [2.05, 4.69) is 10.3 Å². The first-order valence-corrected chi connectivity index (χ1v) is 7.03. The molecule has 0 aliphatic rings. The normalized spacial score (nSPS) is 10.4. The predicted octanol–water partition coefficient (Wildman–Crippen LogP) is 3.42. The Morgan fingerprint density at radius 2 is 1.95 bits per heavy atom. The van der Waals surface area contributed by atoms with Crippen molar-refractivity contribution < 1.29 is 9.53 Å². The largest absolute Gasteiger partial charge is 0.497 e. The molecular weight excluding hydrogens is 276 g/mol. The molecule has 22 heavy (non-hydrogen) atoms. The Morgan fingerprint density at radius 3 is 2.73 bits per heavy atom. The number of carbonyl (C=O) groups excluding carboxylic acids is 1. The molecule has 3 rings (SSSR count). The number of fused-ring (bicyclic) bond motifs is 1. The zero-order valence-corrected chi connectivity index (χ0v) is 12.2. The lowest BCUT2D eigenvalue weighted by atomic mass is 10.1. The molecular formula is C18H16N2O2. The number of anilines is 1. The minimum absolute atomic E-state index is 0.0774. The first-order valence-electron chi connectivity index (χ1n) is 7.03. The van der Waals surface area contributed by atoms with Gasteiger partial charge in [0.25, 0.3) is 0 Å². The average Bonchev–Trinajstić information content (AvgIpc) is 2.55. The number of rotatable bonds is 4. The van der Waals surface area contributed by atoms with Crippen molar-refractivity contribution in [2.24, 2.45) is 0 Å². The fraction of sp³-hybridized carbons (Fsp3) is 0.111. The summed E-state index contributed by atoms with van der Waals surface area (Å²) in [6.45, 7) is 0. The van der Waals surface area contributed by atoms with E-state index in [1.165, 1.54) is 0 Å². The van der Waals surface area contributed by atoms with E-state index in [4.69, 9.17) is 4.74 Å². The van der Waals surface area contributed by atoms with Crippen LogP contribution in [0, 0.1) is 0 Å². The third-order valence-corrected chi connectivity index (χ3v) is 3.40. The Bertz CT molecular complexity index is 801. The van der Waals surface area contributed by atoms with Crippen LogP contribution in [0.4, 0.5) is 5.69 Å². The molecule has 1 N–H and O–H groups in total. The lowest BCUT2D eigenvalue weighted by Gasteiger charge is -2.10. The number of amides is 1. The Balaban J connectivity index is 1.88. The smallest absolute Gasteiger partial charge is 0.228 e. The van der Waals surface area contributed by atoms with Gasteiger partial charge in [0.15, 0.2) is 0 Å². The van der Waals surface area contributed by atoms with Crippen LogP contribution in [-0.4, -0.2) is 18.0 Å². The Hall–Kier alpha value is -2.88. The van der Waals surface area contributed by atoms with Gasteiger partial charge in [-0.15, -0.1) is 0 Å². The van der Waals surface area contributed by atoms with E-state index < -0.39 is 0 Å². The number of hydrogen-bond donors (Lipinski definition) is 1. The van der Waals surface area contributed by atoms with E-state index >= 15 is 0 Å². The molecule has 0 saturated carbocycles. The number of aromatic nitrogens is 1. The number of carbonyl (C=O) groups is 1. The van der Waals surface area contributed by atoms with Gasteiger partial charge < -0.3 is 10.1 Å². The van der Waals surface area contributed by atoms with Crippen molar-refractivity contribution in [3.8, 4) is 5.75 Å². The van der Waals surface area contributed by atoms with E-state index in [0.717, 1.165) is 16.5 Å². The molecule has 0 bridgehead atoms. The van der Waals surface area contributed by atoms with Crippen LogP contribution in [0.2, 0.25) is 0 Å². The van der Waals surface area contributed by atoms with E-state index in [1.54, 1.807) is 19.4 Å². The molecule has 0 atom stereocenters. The van der Waals surface area contributed by atoms with E-state index in [-0.39, 0.29) is 5.91 Å². The number of methoxy groups -OCH3 is 1. The molecule has 0 aliphatic heterocycles. The second-order valence-corrected chi connectivity index (χ2v) is 4.96. The third kappa shape index (κ3) is 3.06. The van der Waals surface area contributed by atoms with Crippen LogP contribution in [0.25, 0.3) is 10.9 Å². The van der Waals surface area contributed by atoms with Crippen LogP contribution >= 0.6 is 0 Å². The second-order valence-electron chi connectivity index (χ2n) is 4.96. The van der Waals surface area contributed by atoms with Crippen molar-refractivity contribution in [2.45, 2.75) is 6.42 Å². The summed E-state index contributed by atoms with van der Waals surface area (Å²) in [6.07, 6.45) is 2.04. The SMILES string of the molecule is COc1cc(NC(=O)Cc2ccccc2)c2ncccc2c1. The second kappa shape index (κ2) is 6.26. The Labute approximate surface area is 128 Å². The standard InChI is InChI=1S/C18H16N2O2/c1-22-15-11-14-8-5-9-19-18(14)16(12-15)20-17(21)10-13-6-3-2-4-7-13/h2-9,11-12H,10H2,1H3,(H,20,21). The highest BCUT2D eigenvalue weighted by molar-refractivity contribution is 6.01. The van der Waals surface area contributed by atoms with Crippen molar-refractivity contribution in [2.75, 3.05) is 12.4 Å². The maximum Gasteiger partial charge on any atom is 0.228 e. The lowest BCUT2D eigenvalue weighted by Crippen LogP contribution is -2.14. The molecule has 0 unspecified atom stereocenters. The number of pyridine rings is 1. The van der Waals surface area contributed by atoms with Gasteiger partial charge >= 0.3 is 0 Å². The maximum absolute atomic E-state index is 12.2. The van der Waals surface area contributed by atoms with Crippen LogP contribution in [0.5, 0.6) is 5.75 Å². The summed E-state index contributed by atoms with van der Waals surface area (Å²) in [5.41, 5.74) is 2.39. The zero-order chi connectivity index (χ0) is 15.4. The highest BCUT2D eigenvalue weighted by Crippen LogP contribution is 2.27. The number of nitrogens with zero attached hydrogens (tertiary/aromatic N) is 1. The predicted molar refractivity (Wildman–Crippen MR) is 87.1 cm³/mol. The topological polar surface area (TPSA) is 51.2 Å². The molecule has 110 valence electrons. The fourth-order valence-electron chi connectivity index (χ4n) is 2.35. The minimum Gasteiger partial charge on any atom is -0.497 e. The van der Waals surface area contributed by atoms with Crippen molar-refractivity contribution in [3.63, 3.8) is 0 Å². The summed E-state index contributed by atoms with van der Waals surface area (Å²) in [5, 5.41) is 3.85. The van der Waals surface area contributed by atoms with Crippen molar-refractivity contribution in [1.82, 2.24) is 4.98 Å². The van der Waals surface area contributed by atoms with Crippen LogP contribution in [0.1, 0.15) is 5.56 Å². The van der Waals surface area contributed by atoms with Gasteiger partial charge in [0.1, 0.15) is 5.75 Å². The van der Waals surface area contributed by atoms with Gasteiger partial charge in [0.05, 0.1) is 24.7 Å². The molecule has 1 aromatic heterocycles. The quantitative estimate of drug-likeness (QED) is 0.801. The molecule has 0 spiro atoms. The maximum atomic E-state index is 12.2. The molecule has 4 heteroatoms. The van der Waals surface area contributed by atoms with Crippen molar-refractivity contribution >= 4 is 22.5 Å². The van der Waals surface area contributed by atoms with E-state index in [9.17, 15) is 4.79 Å². The van der Waals surface area contributed by atoms with Crippen LogP contribution in [0.3, 0.4) is 0 Å². The van der Waals surface area contributed by atoms with Gasteiger partial charge in [-0.1, -0.05) is 36.4 Å². The number of benzene rings is 2.